The van der Waals surface area contributed by atoms with Crippen molar-refractivity contribution in [1.29, 1.82) is 0 Å². The van der Waals surface area contributed by atoms with E-state index in [9.17, 15) is 4.79 Å². The minimum atomic E-state index is -1.15. The van der Waals surface area contributed by atoms with Crippen LogP contribution in [0.3, 0.4) is 0 Å². The van der Waals surface area contributed by atoms with E-state index in [4.69, 9.17) is 16.7 Å². The molecule has 2 N–H and O–H groups in total. The fraction of sp³-hybridized carbons (Fsp3) is 0. The molecule has 0 aliphatic heterocycles. The summed E-state index contributed by atoms with van der Waals surface area (Å²) < 4.78 is 0. The first kappa shape index (κ1) is 13.4. The third kappa shape index (κ3) is 2.80. The highest BCUT2D eigenvalue weighted by Crippen LogP contribution is 2.23. The molecule has 3 rings (SSSR count). The molecule has 0 bridgehead atoms. The maximum Gasteiger partial charge on any atom is 0.356 e. The van der Waals surface area contributed by atoms with E-state index >= 15 is 0 Å². The number of nitrogens with zero attached hydrogens (tertiary/aromatic N) is 1. The van der Waals surface area contributed by atoms with Crippen molar-refractivity contribution in [2.24, 2.45) is 0 Å². The molecule has 0 saturated heterocycles. The van der Waals surface area contributed by atoms with Crippen LogP contribution in [0.15, 0.2) is 54.6 Å². The van der Waals surface area contributed by atoms with Crippen molar-refractivity contribution >= 4 is 39.8 Å². The van der Waals surface area contributed by atoms with E-state index in [1.165, 1.54) is 6.07 Å². The number of fused-ring (bicyclic) bond motifs is 1. The molecule has 0 fully saturated rings. The molecule has 0 saturated carbocycles. The number of nitrogens with one attached hydrogen (secondary N) is 1. The summed E-state index contributed by atoms with van der Waals surface area (Å²) in [5, 5.41) is 14.5. The number of aromatic nitrogens is 1. The van der Waals surface area contributed by atoms with Crippen LogP contribution in [-0.2, 0) is 0 Å². The van der Waals surface area contributed by atoms with Gasteiger partial charge in [-0.05, 0) is 35.0 Å². The van der Waals surface area contributed by atoms with E-state index < -0.39 is 5.97 Å². The molecular formula is C16H11ClN2O2. The molecule has 1 aromatic heterocycles. The Balaban J connectivity index is 1.94. The lowest BCUT2D eigenvalue weighted by Crippen LogP contribution is -2.04. The smallest absolute Gasteiger partial charge is 0.356 e. The molecule has 0 amide bonds. The summed E-state index contributed by atoms with van der Waals surface area (Å²) in [5.41, 5.74) is 0.669. The summed E-state index contributed by atoms with van der Waals surface area (Å²) in [6, 6.07) is 17.0. The van der Waals surface area contributed by atoms with E-state index in [1.54, 1.807) is 6.07 Å². The van der Waals surface area contributed by atoms with Gasteiger partial charge in [0.05, 0.1) is 5.02 Å². The van der Waals surface area contributed by atoms with Gasteiger partial charge in [-0.25, -0.2) is 9.78 Å². The zero-order valence-electron chi connectivity index (χ0n) is 10.9. The average Bonchev–Trinajstić information content (AvgIpc) is 2.49. The van der Waals surface area contributed by atoms with Crippen LogP contribution in [-0.4, -0.2) is 16.1 Å². The van der Waals surface area contributed by atoms with E-state index in [-0.39, 0.29) is 10.7 Å². The third-order valence-electron chi connectivity index (χ3n) is 3.07. The molecule has 0 radical (unpaired) electrons. The normalized spacial score (nSPS) is 10.5. The number of hydrogen-bond acceptors (Lipinski definition) is 3. The summed E-state index contributed by atoms with van der Waals surface area (Å²) in [6.07, 6.45) is 0. The quantitative estimate of drug-likeness (QED) is 0.755. The van der Waals surface area contributed by atoms with Crippen molar-refractivity contribution in [1.82, 2.24) is 4.98 Å². The van der Waals surface area contributed by atoms with Crippen molar-refractivity contribution in [3.8, 4) is 0 Å². The second-order valence-corrected chi connectivity index (χ2v) is 4.93. The van der Waals surface area contributed by atoms with Gasteiger partial charge in [0.25, 0.3) is 0 Å². The van der Waals surface area contributed by atoms with Crippen LogP contribution in [0.2, 0.25) is 5.02 Å². The van der Waals surface area contributed by atoms with E-state index in [1.807, 2.05) is 42.5 Å². The predicted molar refractivity (Wildman–Crippen MR) is 83.4 cm³/mol. The molecule has 1 heterocycles. The van der Waals surface area contributed by atoms with Crippen molar-refractivity contribution in [3.63, 3.8) is 0 Å². The van der Waals surface area contributed by atoms with Crippen molar-refractivity contribution in [3.05, 3.63) is 65.3 Å². The molecule has 2 aromatic carbocycles. The molecular weight excluding hydrogens is 288 g/mol. The Bertz CT molecular complexity index is 833. The van der Waals surface area contributed by atoms with E-state index in [2.05, 4.69) is 10.3 Å². The van der Waals surface area contributed by atoms with Crippen LogP contribution in [0.25, 0.3) is 10.8 Å². The van der Waals surface area contributed by atoms with Crippen LogP contribution in [0.5, 0.6) is 0 Å². The lowest BCUT2D eigenvalue weighted by molar-refractivity contribution is 0.0691. The second-order valence-electron chi connectivity index (χ2n) is 4.52. The summed E-state index contributed by atoms with van der Waals surface area (Å²) in [4.78, 5) is 15.0. The highest BCUT2D eigenvalue weighted by Gasteiger charge is 2.11. The summed E-state index contributed by atoms with van der Waals surface area (Å²) in [7, 11) is 0. The van der Waals surface area contributed by atoms with Gasteiger partial charge in [0.1, 0.15) is 5.82 Å². The van der Waals surface area contributed by atoms with Crippen LogP contribution >= 0.6 is 11.6 Å². The van der Waals surface area contributed by atoms with Crippen molar-refractivity contribution < 1.29 is 9.90 Å². The van der Waals surface area contributed by atoms with Gasteiger partial charge in [0.2, 0.25) is 0 Å². The summed E-state index contributed by atoms with van der Waals surface area (Å²) in [5.74, 6) is -0.714. The Kier molecular flexibility index (Phi) is 3.46. The van der Waals surface area contributed by atoms with Gasteiger partial charge >= 0.3 is 5.97 Å². The van der Waals surface area contributed by atoms with Crippen LogP contribution < -0.4 is 5.32 Å². The number of hydrogen-bond donors (Lipinski definition) is 2. The minimum Gasteiger partial charge on any atom is -0.476 e. The highest BCUT2D eigenvalue weighted by atomic mass is 35.5. The van der Waals surface area contributed by atoms with Gasteiger partial charge < -0.3 is 10.4 Å². The lowest BCUT2D eigenvalue weighted by atomic mass is 10.1. The highest BCUT2D eigenvalue weighted by molar-refractivity contribution is 6.33. The van der Waals surface area contributed by atoms with Crippen LogP contribution in [0.1, 0.15) is 10.5 Å². The molecule has 0 unspecified atom stereocenters. The summed E-state index contributed by atoms with van der Waals surface area (Å²) in [6.45, 7) is 0. The molecule has 0 spiro atoms. The van der Waals surface area contributed by atoms with Gasteiger partial charge in [-0.3, -0.25) is 0 Å². The Hall–Kier alpha value is -2.59. The maximum atomic E-state index is 11.0. The minimum absolute atomic E-state index is 0.117. The number of pyridine rings is 1. The van der Waals surface area contributed by atoms with Gasteiger partial charge in [-0.2, -0.15) is 0 Å². The SMILES string of the molecule is O=C(O)c1nc(Nc2ccc3ccccc3c2)ccc1Cl. The Morgan fingerprint density at radius 2 is 1.81 bits per heavy atom. The largest absolute Gasteiger partial charge is 0.476 e. The molecule has 0 aliphatic carbocycles. The number of carboxylic acids is 1. The Morgan fingerprint density at radius 3 is 2.57 bits per heavy atom. The zero-order chi connectivity index (χ0) is 14.8. The van der Waals surface area contributed by atoms with Gasteiger partial charge in [0, 0.05) is 5.69 Å². The Labute approximate surface area is 126 Å². The standard InChI is InChI=1S/C16H11ClN2O2/c17-13-7-8-14(19-15(13)16(20)21)18-12-6-5-10-3-1-2-4-11(10)9-12/h1-9H,(H,18,19)(H,20,21). The first-order valence-electron chi connectivity index (χ1n) is 6.29. The fourth-order valence-corrected chi connectivity index (χ4v) is 2.26. The van der Waals surface area contributed by atoms with Crippen LogP contribution in [0, 0.1) is 0 Å². The molecule has 5 heteroatoms. The number of rotatable bonds is 3. The van der Waals surface area contributed by atoms with Crippen LogP contribution in [0.4, 0.5) is 11.5 Å². The average molecular weight is 299 g/mol. The number of aromatic carboxylic acids is 1. The number of benzene rings is 2. The number of anilines is 2. The number of carboxylic acid groups (broad SMARTS) is 1. The third-order valence-corrected chi connectivity index (χ3v) is 3.38. The predicted octanol–water partition coefficient (Wildman–Crippen LogP) is 4.33. The lowest BCUT2D eigenvalue weighted by Gasteiger charge is -2.08. The Morgan fingerprint density at radius 1 is 1.05 bits per heavy atom. The van der Waals surface area contributed by atoms with Gasteiger partial charge in [-0.15, -0.1) is 0 Å². The maximum absolute atomic E-state index is 11.0. The topological polar surface area (TPSA) is 62.2 Å². The molecule has 4 nitrogen and oxygen atoms in total. The number of carbonyl (C=O) groups is 1. The van der Waals surface area contributed by atoms with Gasteiger partial charge in [0.15, 0.2) is 5.69 Å². The molecule has 3 aromatic rings. The first-order valence-corrected chi connectivity index (χ1v) is 6.67. The monoisotopic (exact) mass is 298 g/mol. The number of halogens is 1. The second kappa shape index (κ2) is 5.42. The van der Waals surface area contributed by atoms with Crippen molar-refractivity contribution in [2.45, 2.75) is 0 Å². The zero-order valence-corrected chi connectivity index (χ0v) is 11.6. The molecule has 21 heavy (non-hydrogen) atoms. The van der Waals surface area contributed by atoms with Crippen molar-refractivity contribution in [2.75, 3.05) is 5.32 Å². The summed E-state index contributed by atoms with van der Waals surface area (Å²) >= 11 is 5.80. The first-order chi connectivity index (χ1) is 10.1. The molecule has 0 atom stereocenters. The van der Waals surface area contributed by atoms with E-state index in [0.717, 1.165) is 16.5 Å². The molecule has 104 valence electrons. The van der Waals surface area contributed by atoms with Gasteiger partial charge in [-0.1, -0.05) is 41.9 Å². The van der Waals surface area contributed by atoms with E-state index in [0.29, 0.717) is 5.82 Å². The molecule has 0 aliphatic rings. The fourth-order valence-electron chi connectivity index (χ4n) is 2.08.